The average Bonchev–Trinajstić information content (AvgIpc) is 2.03. The van der Waals surface area contributed by atoms with Gasteiger partial charge in [0.15, 0.2) is 0 Å². The van der Waals surface area contributed by atoms with Crippen LogP contribution in [-0.2, 0) is 10.1 Å². The molecule has 0 fully saturated rings. The molecule has 0 bridgehead atoms. The Morgan fingerprint density at radius 2 is 1.85 bits per heavy atom. The van der Waals surface area contributed by atoms with Crippen molar-refractivity contribution in [1.29, 1.82) is 0 Å². The maximum Gasteiger partial charge on any atom is 1.00 e. The minimum atomic E-state index is -4.37. The van der Waals surface area contributed by atoms with Gasteiger partial charge < -0.3 is 4.55 Å². The summed E-state index contributed by atoms with van der Waals surface area (Å²) in [5.41, 5.74) is 0.340. The molecule has 0 spiro atoms. The zero-order valence-corrected chi connectivity index (χ0v) is 11.2. The third kappa shape index (κ3) is 3.63. The summed E-state index contributed by atoms with van der Waals surface area (Å²) >= 11 is 0. The van der Waals surface area contributed by atoms with Gasteiger partial charge in [0, 0.05) is 0 Å². The summed E-state index contributed by atoms with van der Waals surface area (Å²) < 4.78 is 31.8. The second kappa shape index (κ2) is 5.40. The Bertz CT molecular complexity index is 398. The summed E-state index contributed by atoms with van der Waals surface area (Å²) in [6.45, 7) is 3.40. The summed E-state index contributed by atoms with van der Waals surface area (Å²) in [7, 11) is -4.37. The van der Waals surface area contributed by atoms with E-state index in [0.29, 0.717) is 5.56 Å². The third-order valence-corrected chi connectivity index (χ3v) is 2.32. The molecule has 1 rings (SSSR count). The van der Waals surface area contributed by atoms with Gasteiger partial charge >= 0.3 is 51.4 Å². The molecule has 0 aliphatic rings. The fourth-order valence-electron chi connectivity index (χ4n) is 0.877. The van der Waals surface area contributed by atoms with E-state index in [2.05, 4.69) is 6.58 Å². The first-order chi connectivity index (χ1) is 5.55. The van der Waals surface area contributed by atoms with Crippen LogP contribution in [0.4, 0.5) is 0 Å². The summed E-state index contributed by atoms with van der Waals surface area (Å²) in [6.07, 6.45) is 1.34. The average molecular weight is 222 g/mol. The monoisotopic (exact) mass is 222 g/mol. The van der Waals surface area contributed by atoms with E-state index in [1.165, 1.54) is 24.3 Å². The summed E-state index contributed by atoms with van der Waals surface area (Å²) in [5, 5.41) is 0. The molecule has 0 aromatic heterocycles. The van der Waals surface area contributed by atoms with Crippen molar-refractivity contribution in [3.63, 3.8) is 0 Å². The zero-order chi connectivity index (χ0) is 9.19. The van der Waals surface area contributed by atoms with Crippen molar-refractivity contribution in [3.05, 3.63) is 36.4 Å². The standard InChI is InChI=1S/C8H8O3S.K/c1-2-7-5-3-4-6-8(7)12(9,10)11;/h2-6H,1H2,(H,9,10,11);/q;+1/p-1. The normalized spacial score (nSPS) is 10.2. The van der Waals surface area contributed by atoms with E-state index in [9.17, 15) is 13.0 Å². The van der Waals surface area contributed by atoms with Crippen molar-refractivity contribution in [2.45, 2.75) is 4.90 Å². The maximum atomic E-state index is 10.6. The predicted molar refractivity (Wildman–Crippen MR) is 44.5 cm³/mol. The Morgan fingerprint density at radius 3 is 2.23 bits per heavy atom. The molecule has 0 saturated heterocycles. The van der Waals surface area contributed by atoms with Crippen LogP contribution in [0.1, 0.15) is 5.56 Å². The van der Waals surface area contributed by atoms with E-state index in [1.54, 1.807) is 6.07 Å². The summed E-state index contributed by atoms with van der Waals surface area (Å²) in [5.74, 6) is 0. The van der Waals surface area contributed by atoms with Crippen LogP contribution in [-0.4, -0.2) is 13.0 Å². The molecule has 0 heterocycles. The second-order valence-corrected chi connectivity index (χ2v) is 3.54. The molecule has 0 atom stereocenters. The van der Waals surface area contributed by atoms with Crippen molar-refractivity contribution < 1.29 is 64.4 Å². The number of hydrogen-bond donors (Lipinski definition) is 0. The van der Waals surface area contributed by atoms with Gasteiger partial charge in [-0.1, -0.05) is 30.9 Å². The van der Waals surface area contributed by atoms with Gasteiger partial charge in [-0.15, -0.1) is 0 Å². The van der Waals surface area contributed by atoms with Crippen LogP contribution in [0.15, 0.2) is 35.7 Å². The van der Waals surface area contributed by atoms with Crippen LogP contribution in [0.5, 0.6) is 0 Å². The van der Waals surface area contributed by atoms with E-state index in [-0.39, 0.29) is 56.3 Å². The van der Waals surface area contributed by atoms with Crippen LogP contribution in [0, 0.1) is 0 Å². The molecular weight excluding hydrogens is 215 g/mol. The SMILES string of the molecule is C=Cc1ccccc1S(=O)(=O)[O-].[K+]. The maximum absolute atomic E-state index is 10.6. The third-order valence-electron chi connectivity index (χ3n) is 1.41. The smallest absolute Gasteiger partial charge is 0.744 e. The molecule has 0 saturated carbocycles. The Balaban J connectivity index is 0.00000144. The number of hydrogen-bond acceptors (Lipinski definition) is 3. The van der Waals surface area contributed by atoms with Gasteiger partial charge in [0.2, 0.25) is 0 Å². The van der Waals surface area contributed by atoms with Crippen molar-refractivity contribution in [1.82, 2.24) is 0 Å². The molecule has 0 amide bonds. The molecule has 1 aromatic carbocycles. The Labute approximate surface area is 120 Å². The van der Waals surface area contributed by atoms with Gasteiger partial charge in [0.05, 0.1) is 4.90 Å². The largest absolute Gasteiger partial charge is 1.00 e. The summed E-state index contributed by atoms with van der Waals surface area (Å²) in [4.78, 5) is -0.222. The molecule has 0 radical (unpaired) electrons. The van der Waals surface area contributed by atoms with Crippen molar-refractivity contribution in [3.8, 4) is 0 Å². The predicted octanol–water partition coefficient (Wildman–Crippen LogP) is -1.76. The molecular formula is C8H7KO3S. The van der Waals surface area contributed by atoms with Crippen LogP contribution < -0.4 is 51.4 Å². The topological polar surface area (TPSA) is 57.2 Å². The molecule has 5 heteroatoms. The zero-order valence-electron chi connectivity index (χ0n) is 7.23. The minimum absolute atomic E-state index is 0. The van der Waals surface area contributed by atoms with Gasteiger partial charge in [0.25, 0.3) is 0 Å². The van der Waals surface area contributed by atoms with E-state index in [1.807, 2.05) is 0 Å². The fraction of sp³-hybridized carbons (Fsp3) is 0. The first kappa shape index (κ1) is 13.5. The van der Waals surface area contributed by atoms with Crippen LogP contribution >= 0.6 is 0 Å². The minimum Gasteiger partial charge on any atom is -0.744 e. The van der Waals surface area contributed by atoms with Gasteiger partial charge in [0.1, 0.15) is 10.1 Å². The van der Waals surface area contributed by atoms with E-state index in [4.69, 9.17) is 0 Å². The molecule has 1 aromatic rings. The number of benzene rings is 1. The Morgan fingerprint density at radius 1 is 1.31 bits per heavy atom. The molecule has 0 aliphatic carbocycles. The Hall–Kier alpha value is 0.506. The van der Waals surface area contributed by atoms with Crippen LogP contribution in [0.2, 0.25) is 0 Å². The van der Waals surface area contributed by atoms with Gasteiger partial charge in [-0.25, -0.2) is 8.42 Å². The van der Waals surface area contributed by atoms with Crippen molar-refractivity contribution >= 4 is 16.2 Å². The van der Waals surface area contributed by atoms with Crippen LogP contribution in [0.3, 0.4) is 0 Å². The van der Waals surface area contributed by atoms with Gasteiger partial charge in [-0.3, -0.25) is 0 Å². The molecule has 64 valence electrons. The first-order valence-corrected chi connectivity index (χ1v) is 4.64. The van der Waals surface area contributed by atoms with Crippen LogP contribution in [0.25, 0.3) is 6.08 Å². The molecule has 0 aliphatic heterocycles. The Kier molecular flexibility index (Phi) is 5.61. The molecule has 13 heavy (non-hydrogen) atoms. The van der Waals surface area contributed by atoms with E-state index in [0.717, 1.165) is 0 Å². The quantitative estimate of drug-likeness (QED) is 0.440. The van der Waals surface area contributed by atoms with Crippen molar-refractivity contribution in [2.75, 3.05) is 0 Å². The molecule has 0 unspecified atom stereocenters. The molecule has 3 nitrogen and oxygen atoms in total. The summed E-state index contributed by atoms with van der Waals surface area (Å²) in [6, 6.07) is 5.93. The fourth-order valence-corrected chi connectivity index (χ4v) is 1.56. The number of rotatable bonds is 2. The van der Waals surface area contributed by atoms with E-state index < -0.39 is 10.1 Å². The van der Waals surface area contributed by atoms with Gasteiger partial charge in [-0.05, 0) is 11.6 Å². The molecule has 0 N–H and O–H groups in total. The first-order valence-electron chi connectivity index (χ1n) is 3.23. The van der Waals surface area contributed by atoms with Crippen molar-refractivity contribution in [2.24, 2.45) is 0 Å². The van der Waals surface area contributed by atoms with E-state index >= 15 is 0 Å². The second-order valence-electron chi connectivity index (χ2n) is 2.20. The van der Waals surface area contributed by atoms with Gasteiger partial charge in [-0.2, -0.15) is 0 Å².